The highest BCUT2D eigenvalue weighted by atomic mass is 16.5. The number of furan rings is 1. The normalized spacial score (nSPS) is 22.6. The van der Waals surface area contributed by atoms with E-state index in [9.17, 15) is 19.5 Å². The number of ether oxygens (including phenoxy) is 1. The van der Waals surface area contributed by atoms with Crippen LogP contribution in [0.4, 0.5) is 0 Å². The lowest BCUT2D eigenvalue weighted by Gasteiger charge is -2.45. The molecule has 2 aliphatic heterocycles. The van der Waals surface area contributed by atoms with Crippen molar-refractivity contribution in [3.05, 3.63) is 23.7 Å². The van der Waals surface area contributed by atoms with E-state index in [1.165, 1.54) is 0 Å². The molecule has 3 heterocycles. The maximum atomic E-state index is 12.6. The molecule has 2 aliphatic rings. The van der Waals surface area contributed by atoms with E-state index in [0.29, 0.717) is 38.3 Å². The number of carboxylic acids is 1. The third-order valence-electron chi connectivity index (χ3n) is 5.44. The van der Waals surface area contributed by atoms with E-state index in [2.05, 4.69) is 0 Å². The Morgan fingerprint density at radius 1 is 1.36 bits per heavy atom. The van der Waals surface area contributed by atoms with Gasteiger partial charge in [-0.2, -0.15) is 0 Å². The van der Waals surface area contributed by atoms with Crippen LogP contribution in [0.15, 0.2) is 16.5 Å². The zero-order valence-corrected chi connectivity index (χ0v) is 14.4. The van der Waals surface area contributed by atoms with Crippen molar-refractivity contribution in [3.63, 3.8) is 0 Å². The number of methoxy groups -OCH3 is 1. The molecular formula is C17H22N2O6. The van der Waals surface area contributed by atoms with Gasteiger partial charge in [0.1, 0.15) is 12.4 Å². The fraction of sp³-hybridized carbons (Fsp3) is 0.588. The molecular weight excluding hydrogens is 328 g/mol. The summed E-state index contributed by atoms with van der Waals surface area (Å²) in [5, 5.41) is 9.49. The molecule has 25 heavy (non-hydrogen) atoms. The van der Waals surface area contributed by atoms with Gasteiger partial charge in [0, 0.05) is 33.7 Å². The maximum absolute atomic E-state index is 12.6. The fourth-order valence-corrected chi connectivity index (χ4v) is 3.95. The van der Waals surface area contributed by atoms with Gasteiger partial charge in [0.2, 0.25) is 5.91 Å². The highest BCUT2D eigenvalue weighted by Gasteiger charge is 2.55. The van der Waals surface area contributed by atoms with Crippen LogP contribution in [0.3, 0.4) is 0 Å². The molecule has 3 rings (SSSR count). The molecule has 1 unspecified atom stereocenters. The van der Waals surface area contributed by atoms with Crippen molar-refractivity contribution in [1.82, 2.24) is 9.80 Å². The van der Waals surface area contributed by atoms with Crippen LogP contribution in [0, 0.1) is 5.92 Å². The number of hydrogen-bond donors (Lipinski definition) is 1. The summed E-state index contributed by atoms with van der Waals surface area (Å²) in [4.78, 5) is 39.4. The van der Waals surface area contributed by atoms with Gasteiger partial charge in [0.15, 0.2) is 5.76 Å². The summed E-state index contributed by atoms with van der Waals surface area (Å²) in [7, 11) is 3.21. The Morgan fingerprint density at radius 3 is 2.64 bits per heavy atom. The highest BCUT2D eigenvalue weighted by molar-refractivity contribution is 5.92. The van der Waals surface area contributed by atoms with E-state index in [1.54, 1.807) is 36.1 Å². The summed E-state index contributed by atoms with van der Waals surface area (Å²) < 4.78 is 10.5. The molecule has 8 nitrogen and oxygen atoms in total. The molecule has 2 saturated heterocycles. The summed E-state index contributed by atoms with van der Waals surface area (Å²) in [5.41, 5.74) is -0.704. The zero-order chi connectivity index (χ0) is 18.2. The maximum Gasteiger partial charge on any atom is 0.309 e. The topological polar surface area (TPSA) is 100 Å². The number of carbonyl (C=O) groups is 3. The minimum Gasteiger partial charge on any atom is -0.481 e. The second kappa shape index (κ2) is 6.51. The molecule has 136 valence electrons. The smallest absolute Gasteiger partial charge is 0.309 e. The largest absolute Gasteiger partial charge is 0.481 e. The van der Waals surface area contributed by atoms with Crippen LogP contribution in [0.2, 0.25) is 0 Å². The van der Waals surface area contributed by atoms with Crippen molar-refractivity contribution < 1.29 is 28.6 Å². The van der Waals surface area contributed by atoms with Gasteiger partial charge in [-0.15, -0.1) is 0 Å². The monoisotopic (exact) mass is 350 g/mol. The van der Waals surface area contributed by atoms with Crippen molar-refractivity contribution >= 4 is 17.8 Å². The molecule has 0 saturated carbocycles. The third-order valence-corrected chi connectivity index (χ3v) is 5.44. The lowest BCUT2D eigenvalue weighted by molar-refractivity contribution is -0.145. The van der Waals surface area contributed by atoms with Crippen molar-refractivity contribution in [1.29, 1.82) is 0 Å². The summed E-state index contributed by atoms with van der Waals surface area (Å²) in [6.07, 6.45) is 0.922. The van der Waals surface area contributed by atoms with Gasteiger partial charge >= 0.3 is 5.97 Å². The molecule has 2 amide bonds. The Bertz CT molecular complexity index is 689. The number of likely N-dealkylation sites (tertiary alicyclic amines) is 2. The molecule has 2 fully saturated rings. The third kappa shape index (κ3) is 2.90. The summed E-state index contributed by atoms with van der Waals surface area (Å²) in [6, 6.07) is 3.32. The van der Waals surface area contributed by atoms with Gasteiger partial charge < -0.3 is 24.1 Å². The Labute approximate surface area is 145 Å². The number of nitrogens with zero attached hydrogens (tertiary/aromatic N) is 2. The summed E-state index contributed by atoms with van der Waals surface area (Å²) in [6.45, 7) is 1.07. The zero-order valence-electron chi connectivity index (χ0n) is 14.4. The van der Waals surface area contributed by atoms with Crippen LogP contribution in [0.1, 0.15) is 35.6 Å². The molecule has 1 aromatic rings. The van der Waals surface area contributed by atoms with Crippen molar-refractivity contribution in [2.75, 3.05) is 27.2 Å². The Hall–Kier alpha value is -2.35. The molecule has 8 heteroatoms. The lowest BCUT2D eigenvalue weighted by atomic mass is 9.77. The molecule has 0 bridgehead atoms. The predicted molar refractivity (Wildman–Crippen MR) is 85.8 cm³/mol. The number of piperidine rings is 1. The van der Waals surface area contributed by atoms with E-state index < -0.39 is 17.4 Å². The molecule has 0 radical (unpaired) electrons. The van der Waals surface area contributed by atoms with Gasteiger partial charge in [-0.3, -0.25) is 14.4 Å². The van der Waals surface area contributed by atoms with Gasteiger partial charge in [-0.1, -0.05) is 0 Å². The van der Waals surface area contributed by atoms with Gasteiger partial charge in [-0.05, 0) is 25.0 Å². The van der Waals surface area contributed by atoms with Crippen molar-refractivity contribution in [2.24, 2.45) is 5.92 Å². The molecule has 1 atom stereocenters. The molecule has 0 aliphatic carbocycles. The molecule has 1 spiro atoms. The van der Waals surface area contributed by atoms with E-state index in [-0.39, 0.29) is 24.0 Å². The van der Waals surface area contributed by atoms with Crippen LogP contribution in [0.5, 0.6) is 0 Å². The number of aliphatic carboxylic acids is 1. The first-order chi connectivity index (χ1) is 11.9. The number of amides is 2. The van der Waals surface area contributed by atoms with E-state index in [0.717, 1.165) is 0 Å². The number of hydrogen-bond acceptors (Lipinski definition) is 5. The van der Waals surface area contributed by atoms with Gasteiger partial charge in [0.05, 0.1) is 11.5 Å². The van der Waals surface area contributed by atoms with Crippen LogP contribution in [0.25, 0.3) is 0 Å². The summed E-state index contributed by atoms with van der Waals surface area (Å²) in [5.74, 6) is -1.23. The van der Waals surface area contributed by atoms with E-state index in [4.69, 9.17) is 9.15 Å². The fourth-order valence-electron chi connectivity index (χ4n) is 3.95. The predicted octanol–water partition coefficient (Wildman–Crippen LogP) is 0.964. The van der Waals surface area contributed by atoms with E-state index >= 15 is 0 Å². The van der Waals surface area contributed by atoms with Crippen molar-refractivity contribution in [3.8, 4) is 0 Å². The van der Waals surface area contributed by atoms with Gasteiger partial charge in [-0.25, -0.2) is 0 Å². The second-order valence-corrected chi connectivity index (χ2v) is 6.64. The minimum absolute atomic E-state index is 0.0261. The first kappa shape index (κ1) is 17.5. The first-order valence-corrected chi connectivity index (χ1v) is 8.25. The number of carboxylic acid groups (broad SMARTS) is 1. The average Bonchev–Trinajstić information content (AvgIpc) is 3.15. The van der Waals surface area contributed by atoms with Crippen LogP contribution in [-0.4, -0.2) is 65.5 Å². The SMILES string of the molecule is COCc1ccc(C(=O)N2CCC3(CC2)C(C(=O)O)CC(=O)N3C)o1. The van der Waals surface area contributed by atoms with Gasteiger partial charge in [0.25, 0.3) is 5.91 Å². The van der Waals surface area contributed by atoms with E-state index in [1.807, 2.05) is 0 Å². The van der Waals surface area contributed by atoms with Crippen LogP contribution < -0.4 is 0 Å². The Kier molecular flexibility index (Phi) is 4.55. The first-order valence-electron chi connectivity index (χ1n) is 8.25. The van der Waals surface area contributed by atoms with Crippen molar-refractivity contribution in [2.45, 2.75) is 31.4 Å². The number of carbonyl (C=O) groups excluding carboxylic acids is 2. The molecule has 0 aromatic carbocycles. The Morgan fingerprint density at radius 2 is 2.04 bits per heavy atom. The lowest BCUT2D eigenvalue weighted by Crippen LogP contribution is -2.56. The molecule has 1 N–H and O–H groups in total. The highest BCUT2D eigenvalue weighted by Crippen LogP contribution is 2.43. The number of rotatable bonds is 4. The average molecular weight is 350 g/mol. The second-order valence-electron chi connectivity index (χ2n) is 6.64. The quantitative estimate of drug-likeness (QED) is 0.868. The minimum atomic E-state index is -0.951. The van der Waals surface area contributed by atoms with Crippen LogP contribution in [-0.2, 0) is 20.9 Å². The summed E-state index contributed by atoms with van der Waals surface area (Å²) >= 11 is 0. The Balaban J connectivity index is 1.71. The standard InChI is InChI=1S/C17H22N2O6/c1-18-14(20)9-12(16(22)23)17(18)5-7-19(8-6-17)15(21)13-4-3-11(25-13)10-24-2/h3-4,12H,5-10H2,1-2H3,(H,22,23). The molecule has 1 aromatic heterocycles. The van der Waals surface area contributed by atoms with Crippen LogP contribution >= 0.6 is 0 Å².